The Balaban J connectivity index is 2.56. The third kappa shape index (κ3) is 30.5. The Morgan fingerprint density at radius 1 is 0.492 bits per heavy atom. The van der Waals surface area contributed by atoms with E-state index in [4.69, 9.17) is 18.5 Å². The molecule has 6 atom stereocenters. The second-order valence-corrected chi connectivity index (χ2v) is 16.9. The van der Waals surface area contributed by atoms with Gasteiger partial charge in [-0.05, 0) is 89.9 Å². The summed E-state index contributed by atoms with van der Waals surface area (Å²) in [5.41, 5.74) is 0. The summed E-state index contributed by atoms with van der Waals surface area (Å²) < 4.78 is 33.4. The number of aliphatic hydroxyl groups excluding tert-OH is 5. The third-order valence-corrected chi connectivity index (χ3v) is 10.9. The predicted molar refractivity (Wildman–Crippen MR) is 248 cm³/mol. The molecular weight excluding hydrogens is 827 g/mol. The van der Waals surface area contributed by atoms with Crippen LogP contribution in [0.1, 0.15) is 142 Å². The molecule has 0 spiro atoms. The third-order valence-electron chi connectivity index (χ3n) is 9.90. The van der Waals surface area contributed by atoms with Gasteiger partial charge in [0.1, 0.15) is 43.2 Å². The highest BCUT2D eigenvalue weighted by Crippen LogP contribution is 2.47. The summed E-state index contributed by atoms with van der Waals surface area (Å²) in [6.07, 6.45) is 37.6. The molecule has 1 unspecified atom stereocenters. The molecule has 358 valence electrons. The highest BCUT2D eigenvalue weighted by atomic mass is 31.2. The van der Waals surface area contributed by atoms with Crippen LogP contribution in [-0.4, -0.2) is 98.3 Å². The summed E-state index contributed by atoms with van der Waals surface area (Å²) in [5.74, 6) is -1.24. The summed E-state index contributed by atoms with van der Waals surface area (Å²) in [6.45, 7) is 3.13. The SMILES string of the molecule is CCCCC/C=C\C/C=C\C/C=C\C/C=C\CCCC(=O)OC[C@H](COP(=O)(O)OC1[C@@H](O)[C@@H](O)C(O)[C@H](O)[C@@H]1O)OC(=O)CCC/C=C\C/C=C\C/C=C\C/C=C\CCCCC. The number of hydrogen-bond acceptors (Lipinski definition) is 12. The maximum atomic E-state index is 12.8. The number of allylic oxidation sites excluding steroid dienone is 16. The minimum absolute atomic E-state index is 0.00337. The van der Waals surface area contributed by atoms with E-state index in [2.05, 4.69) is 86.8 Å². The van der Waals surface area contributed by atoms with Gasteiger partial charge in [-0.1, -0.05) is 137 Å². The van der Waals surface area contributed by atoms with E-state index in [1.807, 2.05) is 24.3 Å². The lowest BCUT2D eigenvalue weighted by atomic mass is 9.85. The van der Waals surface area contributed by atoms with Gasteiger partial charge in [0, 0.05) is 12.8 Å². The van der Waals surface area contributed by atoms with E-state index >= 15 is 0 Å². The molecule has 0 aromatic rings. The minimum atomic E-state index is -5.15. The van der Waals surface area contributed by atoms with Crippen LogP contribution < -0.4 is 0 Å². The normalized spacial score (nSPS) is 22.6. The molecule has 14 heteroatoms. The van der Waals surface area contributed by atoms with E-state index in [-0.39, 0.29) is 12.8 Å². The maximum Gasteiger partial charge on any atom is 0.472 e. The number of phosphoric ester groups is 1. The Morgan fingerprint density at radius 3 is 1.24 bits per heavy atom. The van der Waals surface area contributed by atoms with Crippen molar-refractivity contribution < 1.29 is 63.1 Å². The van der Waals surface area contributed by atoms with E-state index in [1.165, 1.54) is 38.5 Å². The minimum Gasteiger partial charge on any atom is -0.462 e. The van der Waals surface area contributed by atoms with Crippen molar-refractivity contribution in [2.75, 3.05) is 13.2 Å². The Hall–Kier alpha value is -3.23. The van der Waals surface area contributed by atoms with Crippen molar-refractivity contribution >= 4 is 19.8 Å². The molecule has 1 aliphatic rings. The molecule has 6 N–H and O–H groups in total. The molecule has 1 fully saturated rings. The monoisotopic (exact) mass is 907 g/mol. The number of phosphoric acid groups is 1. The van der Waals surface area contributed by atoms with E-state index in [0.29, 0.717) is 25.7 Å². The Morgan fingerprint density at radius 2 is 0.841 bits per heavy atom. The van der Waals surface area contributed by atoms with Crippen LogP contribution in [0.3, 0.4) is 0 Å². The number of hydrogen-bond donors (Lipinski definition) is 6. The fourth-order valence-electron chi connectivity index (χ4n) is 6.15. The first-order chi connectivity index (χ1) is 30.4. The molecule has 1 aliphatic carbocycles. The highest BCUT2D eigenvalue weighted by Gasteiger charge is 2.51. The van der Waals surface area contributed by atoms with Crippen LogP contribution in [0.5, 0.6) is 0 Å². The average molecular weight is 907 g/mol. The fraction of sp³-hybridized carbons (Fsp3) is 0.633. The molecule has 0 aromatic carbocycles. The molecule has 0 amide bonds. The van der Waals surface area contributed by atoms with Crippen LogP contribution in [0, 0.1) is 0 Å². The van der Waals surface area contributed by atoms with Crippen molar-refractivity contribution in [2.24, 2.45) is 0 Å². The predicted octanol–water partition coefficient (Wildman–Crippen LogP) is 9.05. The first-order valence-corrected chi connectivity index (χ1v) is 24.5. The van der Waals surface area contributed by atoms with E-state index in [0.717, 1.165) is 51.4 Å². The summed E-state index contributed by atoms with van der Waals surface area (Å²) in [6, 6.07) is 0. The number of aliphatic hydroxyl groups is 5. The largest absolute Gasteiger partial charge is 0.472 e. The average Bonchev–Trinajstić information content (AvgIpc) is 3.26. The van der Waals surface area contributed by atoms with Crippen molar-refractivity contribution in [3.05, 3.63) is 97.2 Å². The standard InChI is InChI=1S/C49H79O13P/c1-3-5-7-9-11-13-15-17-19-21-23-25-27-29-31-33-35-37-42(50)59-39-41(40-60-63(57,58)62-49-47(55)45(53)44(52)46(54)48(49)56)61-43(51)38-36-34-32-30-28-26-24-22-20-18-16-14-12-10-8-6-4-2/h11-14,17-20,23-26,29-32,41,44-49,52-56H,3-10,15-16,21-22,27-28,33-40H2,1-2H3,(H,57,58)/b13-11-,14-12-,19-17-,20-18-,25-23-,26-24-,31-29-,32-30-/t41-,44?,45+,46+,47+,48+,49?/m1/s1. The smallest absolute Gasteiger partial charge is 0.462 e. The number of carbonyl (C=O) groups is 2. The second-order valence-electron chi connectivity index (χ2n) is 15.5. The van der Waals surface area contributed by atoms with Gasteiger partial charge in [0.15, 0.2) is 6.10 Å². The zero-order valence-electron chi connectivity index (χ0n) is 37.8. The van der Waals surface area contributed by atoms with Crippen LogP contribution in [0.25, 0.3) is 0 Å². The summed E-state index contributed by atoms with van der Waals surface area (Å²) in [7, 11) is -5.15. The number of carbonyl (C=O) groups excluding carboxylic acids is 2. The molecular formula is C49H79O13P. The summed E-state index contributed by atoms with van der Waals surface area (Å²) in [4.78, 5) is 35.7. The number of rotatable bonds is 36. The molecule has 0 heterocycles. The molecule has 0 radical (unpaired) electrons. The summed E-state index contributed by atoms with van der Waals surface area (Å²) >= 11 is 0. The van der Waals surface area contributed by atoms with E-state index < -0.39 is 75.7 Å². The quantitative estimate of drug-likeness (QED) is 0.0150. The molecule has 1 rings (SSSR count). The van der Waals surface area contributed by atoms with Crippen LogP contribution in [0.2, 0.25) is 0 Å². The zero-order chi connectivity index (χ0) is 46.4. The van der Waals surface area contributed by atoms with Gasteiger partial charge in [0.25, 0.3) is 0 Å². The molecule has 63 heavy (non-hydrogen) atoms. The zero-order valence-corrected chi connectivity index (χ0v) is 38.7. The van der Waals surface area contributed by atoms with Crippen molar-refractivity contribution in [3.8, 4) is 0 Å². The lowest BCUT2D eigenvalue weighted by molar-refractivity contribution is -0.220. The molecule has 13 nitrogen and oxygen atoms in total. The second kappa shape index (κ2) is 38.1. The van der Waals surface area contributed by atoms with Gasteiger partial charge in [0.2, 0.25) is 0 Å². The van der Waals surface area contributed by atoms with Gasteiger partial charge in [-0.2, -0.15) is 0 Å². The first kappa shape index (κ1) is 57.8. The van der Waals surface area contributed by atoms with Crippen LogP contribution in [-0.2, 0) is 32.7 Å². The van der Waals surface area contributed by atoms with Crippen molar-refractivity contribution in [3.63, 3.8) is 0 Å². The Bertz CT molecular complexity index is 1470. The van der Waals surface area contributed by atoms with Crippen LogP contribution >= 0.6 is 7.82 Å². The van der Waals surface area contributed by atoms with E-state index in [1.54, 1.807) is 0 Å². The highest BCUT2D eigenvalue weighted by molar-refractivity contribution is 7.47. The van der Waals surface area contributed by atoms with Gasteiger partial charge in [-0.3, -0.25) is 18.6 Å². The molecule has 0 aliphatic heterocycles. The maximum absolute atomic E-state index is 12.8. The van der Waals surface area contributed by atoms with Gasteiger partial charge in [-0.15, -0.1) is 0 Å². The summed E-state index contributed by atoms with van der Waals surface area (Å²) in [5, 5.41) is 50.1. The first-order valence-electron chi connectivity index (χ1n) is 23.0. The number of ether oxygens (including phenoxy) is 2. The van der Waals surface area contributed by atoms with Gasteiger partial charge in [-0.25, -0.2) is 4.57 Å². The molecule has 0 aromatic heterocycles. The Labute approximate surface area is 377 Å². The molecule has 0 bridgehead atoms. The number of esters is 2. The molecule has 1 saturated carbocycles. The van der Waals surface area contributed by atoms with Gasteiger partial charge >= 0.3 is 19.8 Å². The van der Waals surface area contributed by atoms with Crippen molar-refractivity contribution in [1.29, 1.82) is 0 Å². The van der Waals surface area contributed by atoms with Gasteiger partial charge < -0.3 is 39.9 Å². The Kier molecular flexibility index (Phi) is 34.9. The lowest BCUT2D eigenvalue weighted by Gasteiger charge is -2.41. The fourth-order valence-corrected chi connectivity index (χ4v) is 7.13. The van der Waals surface area contributed by atoms with Gasteiger partial charge in [0.05, 0.1) is 6.61 Å². The van der Waals surface area contributed by atoms with Crippen LogP contribution in [0.15, 0.2) is 97.2 Å². The lowest BCUT2D eigenvalue weighted by Crippen LogP contribution is -2.64. The molecule has 0 saturated heterocycles. The van der Waals surface area contributed by atoms with Crippen LogP contribution in [0.4, 0.5) is 0 Å². The van der Waals surface area contributed by atoms with E-state index in [9.17, 15) is 44.6 Å². The topological polar surface area (TPSA) is 210 Å². The number of unbranched alkanes of at least 4 members (excludes halogenated alkanes) is 8. The van der Waals surface area contributed by atoms with Crippen molar-refractivity contribution in [1.82, 2.24) is 0 Å². The van der Waals surface area contributed by atoms with Crippen molar-refractivity contribution in [2.45, 2.75) is 185 Å².